The van der Waals surface area contributed by atoms with Gasteiger partial charge in [0.1, 0.15) is 0 Å². The second-order valence-electron chi connectivity index (χ2n) is 5.65. The zero-order chi connectivity index (χ0) is 12.6. The summed E-state index contributed by atoms with van der Waals surface area (Å²) in [6.07, 6.45) is 4.06. The van der Waals surface area contributed by atoms with Gasteiger partial charge in [-0.1, -0.05) is 0 Å². The van der Waals surface area contributed by atoms with Crippen LogP contribution in [0.15, 0.2) is 0 Å². The smallest absolute Gasteiger partial charge is 0.0594 e. The van der Waals surface area contributed by atoms with Crippen LogP contribution < -0.4 is 5.32 Å². The first kappa shape index (κ1) is 14.3. The van der Waals surface area contributed by atoms with Gasteiger partial charge in [-0.15, -0.1) is 0 Å². The minimum Gasteiger partial charge on any atom is -0.379 e. The van der Waals surface area contributed by atoms with Gasteiger partial charge in [0.15, 0.2) is 0 Å². The van der Waals surface area contributed by atoms with Gasteiger partial charge in [0.2, 0.25) is 0 Å². The number of likely N-dealkylation sites (tertiary alicyclic amines) is 1. The van der Waals surface area contributed by atoms with E-state index in [-0.39, 0.29) is 0 Å². The maximum atomic E-state index is 5.37. The van der Waals surface area contributed by atoms with Crippen molar-refractivity contribution < 1.29 is 4.74 Å². The maximum absolute atomic E-state index is 5.37. The molecular weight excluding hydrogens is 226 g/mol. The minimum absolute atomic E-state index is 0.908. The Labute approximate surface area is 112 Å². The predicted molar refractivity (Wildman–Crippen MR) is 75.0 cm³/mol. The highest BCUT2D eigenvalue weighted by Gasteiger charge is 2.18. The number of nitrogens with zero attached hydrogens (tertiary/aromatic N) is 2. The highest BCUT2D eigenvalue weighted by atomic mass is 16.5. The molecule has 0 amide bonds. The third kappa shape index (κ3) is 4.84. The number of hydrogen-bond acceptors (Lipinski definition) is 4. The Kier molecular flexibility index (Phi) is 6.41. The average Bonchev–Trinajstić information content (AvgIpc) is 2.42. The third-order valence-corrected chi connectivity index (χ3v) is 4.25. The van der Waals surface area contributed by atoms with Gasteiger partial charge >= 0.3 is 0 Å². The fourth-order valence-corrected chi connectivity index (χ4v) is 3.05. The highest BCUT2D eigenvalue weighted by molar-refractivity contribution is 4.74. The molecule has 2 saturated heterocycles. The number of ether oxygens (including phenoxy) is 1. The first-order chi connectivity index (χ1) is 8.88. The first-order valence-electron chi connectivity index (χ1n) is 7.55. The van der Waals surface area contributed by atoms with E-state index in [1.165, 1.54) is 52.0 Å². The topological polar surface area (TPSA) is 27.7 Å². The van der Waals surface area contributed by atoms with Crippen molar-refractivity contribution in [3.8, 4) is 0 Å². The van der Waals surface area contributed by atoms with Crippen LogP contribution in [0, 0.1) is 5.92 Å². The molecule has 4 nitrogen and oxygen atoms in total. The number of nitrogens with one attached hydrogen (secondary N) is 1. The molecule has 0 atom stereocenters. The second-order valence-corrected chi connectivity index (χ2v) is 5.65. The summed E-state index contributed by atoms with van der Waals surface area (Å²) < 4.78 is 5.37. The minimum atomic E-state index is 0.908. The summed E-state index contributed by atoms with van der Waals surface area (Å²) in [5.74, 6) is 0.908. The molecule has 2 fully saturated rings. The predicted octanol–water partition coefficient (Wildman–Crippen LogP) is 0.640. The molecule has 4 heteroatoms. The molecule has 2 rings (SSSR count). The molecule has 18 heavy (non-hydrogen) atoms. The van der Waals surface area contributed by atoms with Crippen molar-refractivity contribution in [2.75, 3.05) is 66.1 Å². The van der Waals surface area contributed by atoms with E-state index >= 15 is 0 Å². The molecule has 0 unspecified atom stereocenters. The highest BCUT2D eigenvalue weighted by Crippen LogP contribution is 2.16. The van der Waals surface area contributed by atoms with E-state index in [1.54, 1.807) is 0 Å². The van der Waals surface area contributed by atoms with E-state index in [9.17, 15) is 0 Å². The largest absolute Gasteiger partial charge is 0.379 e. The summed E-state index contributed by atoms with van der Waals surface area (Å²) >= 11 is 0. The van der Waals surface area contributed by atoms with Crippen LogP contribution in [-0.2, 0) is 4.74 Å². The monoisotopic (exact) mass is 255 g/mol. The third-order valence-electron chi connectivity index (χ3n) is 4.25. The average molecular weight is 255 g/mol. The maximum Gasteiger partial charge on any atom is 0.0594 e. The van der Waals surface area contributed by atoms with Crippen molar-refractivity contribution in [1.82, 2.24) is 15.1 Å². The fraction of sp³-hybridized carbons (Fsp3) is 1.00. The number of morpholine rings is 1. The Morgan fingerprint density at radius 2 is 1.61 bits per heavy atom. The van der Waals surface area contributed by atoms with E-state index < -0.39 is 0 Å². The first-order valence-corrected chi connectivity index (χ1v) is 7.55. The summed E-state index contributed by atoms with van der Waals surface area (Å²) in [5.41, 5.74) is 0. The van der Waals surface area contributed by atoms with Crippen molar-refractivity contribution >= 4 is 0 Å². The molecule has 0 aliphatic carbocycles. The Hall–Kier alpha value is -0.160. The molecule has 0 radical (unpaired) electrons. The van der Waals surface area contributed by atoms with Crippen LogP contribution in [0.3, 0.4) is 0 Å². The number of hydrogen-bond donors (Lipinski definition) is 1. The van der Waals surface area contributed by atoms with Crippen LogP contribution in [0.1, 0.15) is 19.3 Å². The molecule has 2 aliphatic heterocycles. The summed E-state index contributed by atoms with van der Waals surface area (Å²) in [6, 6.07) is 0. The van der Waals surface area contributed by atoms with Crippen LogP contribution in [0.2, 0.25) is 0 Å². The standard InChI is InChI=1S/C14H29N3O/c1-15-13-14-3-7-16(8-4-14)5-2-6-17-9-11-18-12-10-17/h14-15H,2-13H2,1H3. The van der Waals surface area contributed by atoms with Gasteiger partial charge in [0, 0.05) is 13.1 Å². The van der Waals surface area contributed by atoms with E-state index in [1.807, 2.05) is 0 Å². The molecule has 0 saturated carbocycles. The van der Waals surface area contributed by atoms with E-state index in [0.29, 0.717) is 0 Å². The van der Waals surface area contributed by atoms with Crippen LogP contribution in [-0.4, -0.2) is 75.9 Å². The molecule has 1 N–H and O–H groups in total. The van der Waals surface area contributed by atoms with Gasteiger partial charge in [0.25, 0.3) is 0 Å². The van der Waals surface area contributed by atoms with Gasteiger partial charge in [-0.3, -0.25) is 4.90 Å². The van der Waals surface area contributed by atoms with Crippen LogP contribution >= 0.6 is 0 Å². The lowest BCUT2D eigenvalue weighted by Crippen LogP contribution is -2.40. The van der Waals surface area contributed by atoms with Crippen LogP contribution in [0.4, 0.5) is 0 Å². The molecular formula is C14H29N3O. The van der Waals surface area contributed by atoms with E-state index in [4.69, 9.17) is 4.74 Å². The molecule has 0 aromatic heterocycles. The van der Waals surface area contributed by atoms with Crippen molar-refractivity contribution in [1.29, 1.82) is 0 Å². The number of piperidine rings is 1. The fourth-order valence-electron chi connectivity index (χ4n) is 3.05. The zero-order valence-corrected chi connectivity index (χ0v) is 11.9. The van der Waals surface area contributed by atoms with Gasteiger partial charge in [-0.25, -0.2) is 0 Å². The Balaban J connectivity index is 1.52. The Morgan fingerprint density at radius 1 is 1.00 bits per heavy atom. The second kappa shape index (κ2) is 8.10. The quantitative estimate of drug-likeness (QED) is 0.754. The molecule has 0 spiro atoms. The van der Waals surface area contributed by atoms with Crippen molar-refractivity contribution in [2.24, 2.45) is 5.92 Å². The normalized spacial score (nSPS) is 24.5. The molecule has 0 aromatic rings. The van der Waals surface area contributed by atoms with Gasteiger partial charge in [-0.05, 0) is 65.0 Å². The zero-order valence-electron chi connectivity index (χ0n) is 11.9. The summed E-state index contributed by atoms with van der Waals surface area (Å²) in [6.45, 7) is 10.4. The molecule has 2 heterocycles. The molecule has 106 valence electrons. The lowest BCUT2D eigenvalue weighted by molar-refractivity contribution is 0.0355. The van der Waals surface area contributed by atoms with E-state index in [0.717, 1.165) is 32.2 Å². The molecule has 0 bridgehead atoms. The SMILES string of the molecule is CNCC1CCN(CCCN2CCOCC2)CC1. The van der Waals surface area contributed by atoms with Crippen LogP contribution in [0.25, 0.3) is 0 Å². The van der Waals surface area contributed by atoms with Crippen molar-refractivity contribution in [3.63, 3.8) is 0 Å². The summed E-state index contributed by atoms with van der Waals surface area (Å²) in [7, 11) is 2.06. The number of rotatable bonds is 6. The Bertz CT molecular complexity index is 211. The lowest BCUT2D eigenvalue weighted by atomic mass is 9.97. The lowest BCUT2D eigenvalue weighted by Gasteiger charge is -2.33. The van der Waals surface area contributed by atoms with Crippen LogP contribution in [0.5, 0.6) is 0 Å². The van der Waals surface area contributed by atoms with Gasteiger partial charge in [-0.2, -0.15) is 0 Å². The molecule has 2 aliphatic rings. The summed E-state index contributed by atoms with van der Waals surface area (Å²) in [4.78, 5) is 5.18. The Morgan fingerprint density at radius 3 is 2.22 bits per heavy atom. The van der Waals surface area contributed by atoms with Crippen molar-refractivity contribution in [2.45, 2.75) is 19.3 Å². The van der Waals surface area contributed by atoms with Crippen molar-refractivity contribution in [3.05, 3.63) is 0 Å². The van der Waals surface area contributed by atoms with E-state index in [2.05, 4.69) is 22.2 Å². The van der Waals surface area contributed by atoms with Gasteiger partial charge < -0.3 is 15.0 Å². The summed E-state index contributed by atoms with van der Waals surface area (Å²) in [5, 5.41) is 3.30. The van der Waals surface area contributed by atoms with Gasteiger partial charge in [0.05, 0.1) is 13.2 Å². The molecule has 0 aromatic carbocycles.